The molecule has 0 saturated heterocycles. The predicted octanol–water partition coefficient (Wildman–Crippen LogP) is 4.20. The van der Waals surface area contributed by atoms with Crippen LogP contribution in [0.2, 0.25) is 0 Å². The molecule has 0 atom stereocenters. The molecule has 3 heteroatoms. The minimum atomic E-state index is 0.748. The van der Waals surface area contributed by atoms with Gasteiger partial charge in [0.05, 0.1) is 11.3 Å². The molecule has 0 saturated carbocycles. The summed E-state index contributed by atoms with van der Waals surface area (Å²) in [6.45, 7) is 2.97. The summed E-state index contributed by atoms with van der Waals surface area (Å²) in [6, 6.07) is 8.22. The fourth-order valence-electron chi connectivity index (χ4n) is 1.85. The highest BCUT2D eigenvalue weighted by Crippen LogP contribution is 2.16. The molecule has 0 radical (unpaired) electrons. The monoisotopic (exact) mass is 262 g/mol. The molecule has 0 fully saturated rings. The Kier molecular flexibility index (Phi) is 7.36. The van der Waals surface area contributed by atoms with Gasteiger partial charge in [-0.3, -0.25) is 0 Å². The van der Waals surface area contributed by atoms with E-state index in [0.29, 0.717) is 0 Å². The molecule has 1 aromatic carbocycles. The highest BCUT2D eigenvalue weighted by atomic mass is 32.2. The number of aryl methyl sites for hydroxylation is 1. The highest BCUT2D eigenvalue weighted by molar-refractivity contribution is 7.98. The van der Waals surface area contributed by atoms with Crippen LogP contribution in [0.4, 0.5) is 5.69 Å². The Hall–Kier alpha value is -1.14. The number of nitrogens with one attached hydrogen (secondary N) is 1. The van der Waals surface area contributed by atoms with Crippen LogP contribution in [0, 0.1) is 18.3 Å². The molecule has 0 amide bonds. The van der Waals surface area contributed by atoms with Crippen molar-refractivity contribution in [1.82, 2.24) is 0 Å². The Balaban J connectivity index is 2.25. The molecule has 2 nitrogen and oxygen atoms in total. The summed E-state index contributed by atoms with van der Waals surface area (Å²) in [5, 5.41) is 12.4. The fraction of sp³-hybridized carbons (Fsp3) is 0.533. The number of thioether (sulfide) groups is 1. The lowest BCUT2D eigenvalue weighted by Crippen LogP contribution is -2.03. The Morgan fingerprint density at radius 1 is 1.22 bits per heavy atom. The number of nitriles is 1. The lowest BCUT2D eigenvalue weighted by atomic mass is 10.1. The summed E-state index contributed by atoms with van der Waals surface area (Å²) >= 11 is 1.92. The maximum Gasteiger partial charge on any atom is 0.101 e. The van der Waals surface area contributed by atoms with Crippen molar-refractivity contribution in [3.63, 3.8) is 0 Å². The van der Waals surface area contributed by atoms with Crippen LogP contribution < -0.4 is 5.32 Å². The second-order valence-electron chi connectivity index (χ2n) is 4.49. The zero-order valence-electron chi connectivity index (χ0n) is 11.3. The summed E-state index contributed by atoms with van der Waals surface area (Å²) in [4.78, 5) is 0. The number of nitrogens with zero attached hydrogens (tertiary/aromatic N) is 1. The number of rotatable bonds is 8. The largest absolute Gasteiger partial charge is 0.384 e. The van der Waals surface area contributed by atoms with E-state index < -0.39 is 0 Å². The van der Waals surface area contributed by atoms with E-state index in [4.69, 9.17) is 5.26 Å². The van der Waals surface area contributed by atoms with Crippen molar-refractivity contribution in [2.75, 3.05) is 23.9 Å². The lowest BCUT2D eigenvalue weighted by Gasteiger charge is -2.08. The average Bonchev–Trinajstić information content (AvgIpc) is 2.39. The maximum absolute atomic E-state index is 9.05. The number of benzene rings is 1. The number of hydrogen-bond donors (Lipinski definition) is 1. The van der Waals surface area contributed by atoms with E-state index in [-0.39, 0.29) is 0 Å². The molecule has 0 aromatic heterocycles. The first kappa shape index (κ1) is 14.9. The molecular formula is C15H22N2S. The Labute approximate surface area is 115 Å². The molecule has 0 spiro atoms. The zero-order chi connectivity index (χ0) is 13.2. The first-order chi connectivity index (χ1) is 8.77. The maximum atomic E-state index is 9.05. The van der Waals surface area contributed by atoms with Crippen molar-refractivity contribution in [2.45, 2.75) is 32.6 Å². The molecule has 1 N–H and O–H groups in total. The highest BCUT2D eigenvalue weighted by Gasteiger charge is 2.00. The zero-order valence-corrected chi connectivity index (χ0v) is 12.1. The second kappa shape index (κ2) is 8.88. The van der Waals surface area contributed by atoms with E-state index in [1.807, 2.05) is 36.9 Å². The average molecular weight is 262 g/mol. The van der Waals surface area contributed by atoms with Gasteiger partial charge in [0.1, 0.15) is 6.07 Å². The molecule has 18 heavy (non-hydrogen) atoms. The Morgan fingerprint density at radius 3 is 2.72 bits per heavy atom. The van der Waals surface area contributed by atoms with Gasteiger partial charge in [-0.15, -0.1) is 0 Å². The predicted molar refractivity (Wildman–Crippen MR) is 81.2 cm³/mol. The van der Waals surface area contributed by atoms with Crippen LogP contribution in [0.25, 0.3) is 0 Å². The van der Waals surface area contributed by atoms with Crippen LogP contribution in [0.5, 0.6) is 0 Å². The van der Waals surface area contributed by atoms with E-state index in [9.17, 15) is 0 Å². The van der Waals surface area contributed by atoms with Crippen LogP contribution in [-0.2, 0) is 0 Å². The third kappa shape index (κ3) is 5.46. The summed E-state index contributed by atoms with van der Waals surface area (Å²) in [5.74, 6) is 1.27. The molecule has 0 bridgehead atoms. The van der Waals surface area contributed by atoms with Crippen LogP contribution in [0.1, 0.15) is 36.8 Å². The molecule has 0 heterocycles. The second-order valence-corrected chi connectivity index (χ2v) is 5.48. The molecule has 0 aliphatic rings. The first-order valence-electron chi connectivity index (χ1n) is 6.51. The van der Waals surface area contributed by atoms with Gasteiger partial charge in [-0.1, -0.05) is 18.9 Å². The smallest absolute Gasteiger partial charge is 0.101 e. The summed E-state index contributed by atoms with van der Waals surface area (Å²) in [7, 11) is 0. The number of unbranched alkanes of at least 4 members (excludes halogenated alkanes) is 3. The third-order valence-corrected chi connectivity index (χ3v) is 3.58. The van der Waals surface area contributed by atoms with Gasteiger partial charge in [-0.05, 0) is 49.5 Å². The molecule has 1 aromatic rings. The standard InChI is InChI=1S/C15H22N2S/c1-13-7-8-15(14(11-13)12-16)17-9-5-3-4-6-10-18-2/h7-8,11,17H,3-6,9-10H2,1-2H3. The summed E-state index contributed by atoms with van der Waals surface area (Å²) in [5.41, 5.74) is 2.85. The molecule has 0 aliphatic heterocycles. The first-order valence-corrected chi connectivity index (χ1v) is 7.91. The van der Waals surface area contributed by atoms with Gasteiger partial charge in [0.15, 0.2) is 0 Å². The van der Waals surface area contributed by atoms with Crippen molar-refractivity contribution >= 4 is 17.4 Å². The van der Waals surface area contributed by atoms with E-state index in [1.54, 1.807) is 0 Å². The van der Waals surface area contributed by atoms with Crippen LogP contribution in [0.15, 0.2) is 18.2 Å². The number of hydrogen-bond acceptors (Lipinski definition) is 3. The molecule has 1 rings (SSSR count). The molecule has 0 unspecified atom stereocenters. The van der Waals surface area contributed by atoms with E-state index in [0.717, 1.165) is 23.4 Å². The van der Waals surface area contributed by atoms with E-state index >= 15 is 0 Å². The normalized spacial score (nSPS) is 10.1. The molecule has 98 valence electrons. The van der Waals surface area contributed by atoms with Crippen LogP contribution >= 0.6 is 11.8 Å². The fourth-order valence-corrected chi connectivity index (χ4v) is 2.35. The van der Waals surface area contributed by atoms with E-state index in [2.05, 4.69) is 17.6 Å². The molecule has 0 aliphatic carbocycles. The van der Waals surface area contributed by atoms with Crippen molar-refractivity contribution in [3.8, 4) is 6.07 Å². The Bertz CT molecular complexity index is 396. The van der Waals surface area contributed by atoms with Gasteiger partial charge in [0, 0.05) is 6.54 Å². The van der Waals surface area contributed by atoms with Gasteiger partial charge in [0.2, 0.25) is 0 Å². The van der Waals surface area contributed by atoms with Crippen molar-refractivity contribution in [3.05, 3.63) is 29.3 Å². The van der Waals surface area contributed by atoms with Crippen molar-refractivity contribution in [1.29, 1.82) is 5.26 Å². The van der Waals surface area contributed by atoms with Gasteiger partial charge < -0.3 is 5.32 Å². The van der Waals surface area contributed by atoms with Gasteiger partial charge in [-0.2, -0.15) is 17.0 Å². The van der Waals surface area contributed by atoms with Crippen LogP contribution in [-0.4, -0.2) is 18.6 Å². The topological polar surface area (TPSA) is 35.8 Å². The lowest BCUT2D eigenvalue weighted by molar-refractivity contribution is 0.689. The summed E-state index contributed by atoms with van der Waals surface area (Å²) in [6.07, 6.45) is 7.22. The van der Waals surface area contributed by atoms with Gasteiger partial charge >= 0.3 is 0 Å². The van der Waals surface area contributed by atoms with Crippen LogP contribution in [0.3, 0.4) is 0 Å². The summed E-state index contributed by atoms with van der Waals surface area (Å²) < 4.78 is 0. The number of anilines is 1. The third-order valence-electron chi connectivity index (χ3n) is 2.89. The van der Waals surface area contributed by atoms with Crippen molar-refractivity contribution < 1.29 is 0 Å². The van der Waals surface area contributed by atoms with Gasteiger partial charge in [0.25, 0.3) is 0 Å². The minimum Gasteiger partial charge on any atom is -0.384 e. The quantitative estimate of drug-likeness (QED) is 0.713. The SMILES string of the molecule is CSCCCCCCNc1ccc(C)cc1C#N. The van der Waals surface area contributed by atoms with Crippen molar-refractivity contribution in [2.24, 2.45) is 0 Å². The minimum absolute atomic E-state index is 0.748. The van der Waals surface area contributed by atoms with Gasteiger partial charge in [-0.25, -0.2) is 0 Å². The Morgan fingerprint density at radius 2 is 2.00 bits per heavy atom. The van der Waals surface area contributed by atoms with E-state index in [1.165, 1.54) is 31.4 Å². The molecular weight excluding hydrogens is 240 g/mol.